The van der Waals surface area contributed by atoms with Crippen LogP contribution in [0, 0.1) is 17.3 Å². The first-order valence-corrected chi connectivity index (χ1v) is 5.37. The van der Waals surface area contributed by atoms with Crippen molar-refractivity contribution in [3.05, 3.63) is 0 Å². The second kappa shape index (κ2) is 2.73. The van der Waals surface area contributed by atoms with Gasteiger partial charge in [0, 0.05) is 12.6 Å². The zero-order valence-electron chi connectivity index (χ0n) is 8.56. The van der Waals surface area contributed by atoms with E-state index in [-0.39, 0.29) is 0 Å². The Morgan fingerprint density at radius 2 is 2.08 bits per heavy atom. The van der Waals surface area contributed by atoms with E-state index in [1.807, 2.05) is 0 Å². The van der Waals surface area contributed by atoms with Gasteiger partial charge in [0.05, 0.1) is 0 Å². The highest BCUT2D eigenvalue weighted by molar-refractivity contribution is 5.03. The Morgan fingerprint density at radius 3 is 2.42 bits per heavy atom. The Labute approximate surface area is 75.9 Å². The van der Waals surface area contributed by atoms with Crippen LogP contribution in [0.1, 0.15) is 40.0 Å². The molecule has 1 aliphatic carbocycles. The summed E-state index contributed by atoms with van der Waals surface area (Å²) in [6, 6.07) is 0.867. The van der Waals surface area contributed by atoms with E-state index in [1.165, 1.54) is 25.8 Å². The van der Waals surface area contributed by atoms with E-state index >= 15 is 0 Å². The summed E-state index contributed by atoms with van der Waals surface area (Å²) in [5.41, 5.74) is 0.679. The van der Waals surface area contributed by atoms with Gasteiger partial charge in [-0.05, 0) is 36.5 Å². The predicted octanol–water partition coefficient (Wildman–Crippen LogP) is 2.42. The molecule has 0 amide bonds. The monoisotopic (exact) mass is 167 g/mol. The molecule has 3 atom stereocenters. The molecule has 3 unspecified atom stereocenters. The van der Waals surface area contributed by atoms with Crippen molar-refractivity contribution in [2.45, 2.75) is 46.1 Å². The van der Waals surface area contributed by atoms with Crippen molar-refractivity contribution in [1.82, 2.24) is 5.32 Å². The fourth-order valence-corrected chi connectivity index (χ4v) is 3.12. The van der Waals surface area contributed by atoms with E-state index in [0.29, 0.717) is 5.41 Å². The zero-order chi connectivity index (χ0) is 8.77. The van der Waals surface area contributed by atoms with Gasteiger partial charge in [0.2, 0.25) is 0 Å². The molecule has 12 heavy (non-hydrogen) atoms. The average Bonchev–Trinajstić information content (AvgIpc) is 2.62. The maximum absolute atomic E-state index is 3.63. The third-order valence-electron chi connectivity index (χ3n) is 4.35. The Hall–Kier alpha value is -0.0400. The minimum absolute atomic E-state index is 0.679. The zero-order valence-corrected chi connectivity index (χ0v) is 8.56. The van der Waals surface area contributed by atoms with Gasteiger partial charge in [-0.15, -0.1) is 0 Å². The summed E-state index contributed by atoms with van der Waals surface area (Å²) in [4.78, 5) is 0. The van der Waals surface area contributed by atoms with Gasteiger partial charge in [-0.2, -0.15) is 0 Å². The van der Waals surface area contributed by atoms with Crippen molar-refractivity contribution in [2.75, 3.05) is 6.54 Å². The van der Waals surface area contributed by atoms with Crippen molar-refractivity contribution >= 4 is 0 Å². The number of fused-ring (bicyclic) bond motifs is 2. The van der Waals surface area contributed by atoms with E-state index in [4.69, 9.17) is 0 Å². The SMILES string of the molecule is CC(C)C(C)C12CCC(C1)NC2. The molecule has 2 bridgehead atoms. The molecule has 1 N–H and O–H groups in total. The van der Waals surface area contributed by atoms with E-state index < -0.39 is 0 Å². The number of nitrogens with one attached hydrogen (secondary N) is 1. The maximum Gasteiger partial charge on any atom is 0.00733 e. The van der Waals surface area contributed by atoms with Crippen molar-refractivity contribution in [2.24, 2.45) is 17.3 Å². The van der Waals surface area contributed by atoms with Gasteiger partial charge in [-0.1, -0.05) is 20.8 Å². The van der Waals surface area contributed by atoms with Gasteiger partial charge in [0.15, 0.2) is 0 Å². The highest BCUT2D eigenvalue weighted by atomic mass is 15.0. The molecule has 2 fully saturated rings. The number of piperidine rings is 1. The summed E-state index contributed by atoms with van der Waals surface area (Å²) in [5, 5.41) is 3.63. The Balaban J connectivity index is 2.10. The second-order valence-electron chi connectivity index (χ2n) is 5.22. The van der Waals surface area contributed by atoms with Gasteiger partial charge in [-0.25, -0.2) is 0 Å². The molecule has 1 heteroatoms. The molecular weight excluding hydrogens is 146 g/mol. The van der Waals surface area contributed by atoms with Gasteiger partial charge in [0.25, 0.3) is 0 Å². The van der Waals surface area contributed by atoms with Crippen molar-refractivity contribution < 1.29 is 0 Å². The number of rotatable bonds is 2. The summed E-state index contributed by atoms with van der Waals surface area (Å²) < 4.78 is 0. The molecule has 0 aromatic rings. The molecule has 70 valence electrons. The first-order chi connectivity index (χ1) is 5.64. The van der Waals surface area contributed by atoms with E-state index in [2.05, 4.69) is 26.1 Å². The molecule has 0 aromatic carbocycles. The molecule has 1 nitrogen and oxygen atoms in total. The maximum atomic E-state index is 3.63. The van der Waals surface area contributed by atoms with Crippen LogP contribution in [-0.2, 0) is 0 Å². The summed E-state index contributed by atoms with van der Waals surface area (Å²) in [5.74, 6) is 1.75. The minimum Gasteiger partial charge on any atom is -0.313 e. The first kappa shape index (κ1) is 8.55. The molecular formula is C11H21N. The third-order valence-corrected chi connectivity index (χ3v) is 4.35. The minimum atomic E-state index is 0.679. The predicted molar refractivity (Wildman–Crippen MR) is 52.1 cm³/mol. The third kappa shape index (κ3) is 1.10. The number of hydrogen-bond donors (Lipinski definition) is 1. The Bertz CT molecular complexity index is 166. The fraction of sp³-hybridized carbons (Fsp3) is 1.00. The molecule has 1 aliphatic heterocycles. The van der Waals surface area contributed by atoms with Crippen LogP contribution in [-0.4, -0.2) is 12.6 Å². The first-order valence-electron chi connectivity index (χ1n) is 5.37. The lowest BCUT2D eigenvalue weighted by molar-refractivity contribution is 0.152. The molecule has 2 aliphatic rings. The quantitative estimate of drug-likeness (QED) is 0.666. The summed E-state index contributed by atoms with van der Waals surface area (Å²) >= 11 is 0. The van der Waals surface area contributed by atoms with Gasteiger partial charge < -0.3 is 5.32 Å². The van der Waals surface area contributed by atoms with E-state index in [9.17, 15) is 0 Å². The summed E-state index contributed by atoms with van der Waals surface area (Å²) in [6.45, 7) is 8.47. The average molecular weight is 167 g/mol. The Kier molecular flexibility index (Phi) is 1.95. The van der Waals surface area contributed by atoms with Gasteiger partial charge in [-0.3, -0.25) is 0 Å². The molecule has 2 rings (SSSR count). The molecule has 1 saturated carbocycles. The van der Waals surface area contributed by atoms with Crippen LogP contribution in [0.5, 0.6) is 0 Å². The lowest BCUT2D eigenvalue weighted by Gasteiger charge is -2.35. The standard InChI is InChI=1S/C11H21N/c1-8(2)9(3)11-5-4-10(6-11)12-7-11/h8-10,12H,4-7H2,1-3H3. The highest BCUT2D eigenvalue weighted by Crippen LogP contribution is 2.50. The van der Waals surface area contributed by atoms with Crippen LogP contribution in [0.3, 0.4) is 0 Å². The van der Waals surface area contributed by atoms with E-state index in [1.54, 1.807) is 0 Å². The second-order valence-corrected chi connectivity index (χ2v) is 5.22. The molecule has 0 aromatic heterocycles. The lowest BCUT2D eigenvalue weighted by Crippen LogP contribution is -2.36. The number of hydrogen-bond acceptors (Lipinski definition) is 1. The molecule has 1 heterocycles. The lowest BCUT2D eigenvalue weighted by atomic mass is 9.71. The van der Waals surface area contributed by atoms with Crippen LogP contribution >= 0.6 is 0 Å². The van der Waals surface area contributed by atoms with Crippen molar-refractivity contribution in [3.63, 3.8) is 0 Å². The van der Waals surface area contributed by atoms with Crippen molar-refractivity contribution in [3.8, 4) is 0 Å². The van der Waals surface area contributed by atoms with Crippen LogP contribution in [0.2, 0.25) is 0 Å². The fourth-order valence-electron chi connectivity index (χ4n) is 3.12. The normalized spacial score (nSPS) is 42.5. The van der Waals surface area contributed by atoms with Gasteiger partial charge >= 0.3 is 0 Å². The summed E-state index contributed by atoms with van der Waals surface area (Å²) in [6.07, 6.45) is 4.35. The summed E-state index contributed by atoms with van der Waals surface area (Å²) in [7, 11) is 0. The topological polar surface area (TPSA) is 12.0 Å². The Morgan fingerprint density at radius 1 is 1.33 bits per heavy atom. The van der Waals surface area contributed by atoms with Gasteiger partial charge in [0.1, 0.15) is 0 Å². The van der Waals surface area contributed by atoms with Crippen molar-refractivity contribution in [1.29, 1.82) is 0 Å². The smallest absolute Gasteiger partial charge is 0.00733 e. The van der Waals surface area contributed by atoms with Crippen LogP contribution in [0.25, 0.3) is 0 Å². The highest BCUT2D eigenvalue weighted by Gasteiger charge is 2.48. The molecule has 1 saturated heterocycles. The van der Waals surface area contributed by atoms with Crippen LogP contribution in [0.15, 0.2) is 0 Å². The van der Waals surface area contributed by atoms with E-state index in [0.717, 1.165) is 17.9 Å². The largest absolute Gasteiger partial charge is 0.313 e. The molecule has 0 spiro atoms. The van der Waals surface area contributed by atoms with Crippen LogP contribution in [0.4, 0.5) is 0 Å². The van der Waals surface area contributed by atoms with Crippen LogP contribution < -0.4 is 5.32 Å². The molecule has 0 radical (unpaired) electrons.